The van der Waals surface area contributed by atoms with E-state index in [9.17, 15) is 0 Å². The molecule has 3 aromatic heterocycles. The third kappa shape index (κ3) is 1.90. The van der Waals surface area contributed by atoms with Crippen molar-refractivity contribution in [3.63, 3.8) is 0 Å². The minimum atomic E-state index is 0.0886. The van der Waals surface area contributed by atoms with Gasteiger partial charge in [-0.05, 0) is 36.8 Å². The molecule has 1 atom stereocenters. The molecule has 1 unspecified atom stereocenters. The van der Waals surface area contributed by atoms with Crippen LogP contribution < -0.4 is 5.73 Å². The number of rotatable bonds is 1. The van der Waals surface area contributed by atoms with Gasteiger partial charge in [-0.15, -0.1) is 11.3 Å². The van der Waals surface area contributed by atoms with E-state index in [0.29, 0.717) is 0 Å². The fourth-order valence-electron chi connectivity index (χ4n) is 2.69. The van der Waals surface area contributed by atoms with Crippen molar-refractivity contribution in [1.29, 1.82) is 0 Å². The van der Waals surface area contributed by atoms with Gasteiger partial charge in [-0.2, -0.15) is 0 Å². The second-order valence-corrected chi connectivity index (χ2v) is 6.07. The molecular formula is C15H14N4S. The lowest BCUT2D eigenvalue weighted by atomic mass is 9.93. The number of hydrogen-bond donors (Lipinski definition) is 1. The number of aromatic nitrogens is 3. The van der Waals surface area contributed by atoms with Crippen molar-refractivity contribution >= 4 is 21.6 Å². The maximum Gasteiger partial charge on any atom is 0.161 e. The number of aryl methyl sites for hydroxylation is 1. The van der Waals surface area contributed by atoms with Gasteiger partial charge in [-0.25, -0.2) is 9.97 Å². The van der Waals surface area contributed by atoms with Gasteiger partial charge in [0.1, 0.15) is 0 Å². The smallest absolute Gasteiger partial charge is 0.161 e. The fraction of sp³-hybridized carbons (Fsp3) is 0.267. The predicted molar refractivity (Wildman–Crippen MR) is 80.5 cm³/mol. The Bertz CT molecular complexity index is 780. The second kappa shape index (κ2) is 4.61. The fourth-order valence-corrected chi connectivity index (χ4v) is 3.47. The molecule has 0 bridgehead atoms. The van der Waals surface area contributed by atoms with Gasteiger partial charge < -0.3 is 5.73 Å². The zero-order valence-electron chi connectivity index (χ0n) is 10.9. The third-order valence-corrected chi connectivity index (χ3v) is 4.64. The molecule has 4 rings (SSSR count). The zero-order chi connectivity index (χ0) is 13.5. The number of hydrogen-bond acceptors (Lipinski definition) is 5. The van der Waals surface area contributed by atoms with Crippen LogP contribution in [0, 0.1) is 0 Å². The number of thiophene rings is 1. The second-order valence-electron chi connectivity index (χ2n) is 5.12. The molecule has 1 aliphatic rings. The summed E-state index contributed by atoms with van der Waals surface area (Å²) >= 11 is 1.69. The number of pyridine rings is 1. The highest BCUT2D eigenvalue weighted by Crippen LogP contribution is 2.29. The summed E-state index contributed by atoms with van der Waals surface area (Å²) in [4.78, 5) is 13.6. The molecule has 5 heteroatoms. The van der Waals surface area contributed by atoms with E-state index in [2.05, 4.69) is 16.0 Å². The Kier molecular flexibility index (Phi) is 2.75. The van der Waals surface area contributed by atoms with Crippen LogP contribution in [0.3, 0.4) is 0 Å². The van der Waals surface area contributed by atoms with E-state index < -0.39 is 0 Å². The van der Waals surface area contributed by atoms with Crippen molar-refractivity contribution in [2.24, 2.45) is 5.73 Å². The topological polar surface area (TPSA) is 64.7 Å². The molecule has 0 aliphatic heterocycles. The quantitative estimate of drug-likeness (QED) is 0.745. The third-order valence-electron chi connectivity index (χ3n) is 3.79. The molecule has 0 aromatic carbocycles. The van der Waals surface area contributed by atoms with E-state index in [1.165, 1.54) is 4.70 Å². The first-order valence-corrected chi connectivity index (χ1v) is 7.64. The van der Waals surface area contributed by atoms with Gasteiger partial charge in [-0.3, -0.25) is 4.98 Å². The summed E-state index contributed by atoms with van der Waals surface area (Å²) in [6.07, 6.45) is 6.86. The standard InChI is InChI=1S/C15H14N4S/c16-11-2-1-3-12-10(11)8-18-15(19-12)9-6-14-13(17-7-9)4-5-20-14/h4-8,11H,1-3,16H2. The molecule has 0 fully saturated rings. The van der Waals surface area contributed by atoms with Crippen LogP contribution in [0.2, 0.25) is 0 Å². The molecule has 0 amide bonds. The van der Waals surface area contributed by atoms with Crippen LogP contribution >= 0.6 is 11.3 Å². The van der Waals surface area contributed by atoms with Crippen molar-refractivity contribution in [2.75, 3.05) is 0 Å². The summed E-state index contributed by atoms with van der Waals surface area (Å²) in [6.45, 7) is 0. The van der Waals surface area contributed by atoms with Crippen LogP contribution in [0.25, 0.3) is 21.6 Å². The molecule has 3 aromatic rings. The van der Waals surface area contributed by atoms with E-state index in [1.54, 1.807) is 11.3 Å². The number of fused-ring (bicyclic) bond motifs is 2. The Morgan fingerprint density at radius 3 is 3.15 bits per heavy atom. The maximum atomic E-state index is 6.10. The first-order valence-electron chi connectivity index (χ1n) is 6.76. The molecule has 3 heterocycles. The van der Waals surface area contributed by atoms with Crippen LogP contribution in [0.15, 0.2) is 29.9 Å². The minimum Gasteiger partial charge on any atom is -0.324 e. The lowest BCUT2D eigenvalue weighted by molar-refractivity contribution is 0.557. The predicted octanol–water partition coefficient (Wildman–Crippen LogP) is 3.09. The Balaban J connectivity index is 1.81. The zero-order valence-corrected chi connectivity index (χ0v) is 11.7. The summed E-state index contributed by atoms with van der Waals surface area (Å²) < 4.78 is 1.17. The highest BCUT2D eigenvalue weighted by Gasteiger charge is 2.19. The summed E-state index contributed by atoms with van der Waals surface area (Å²) in [5, 5.41) is 2.05. The van der Waals surface area contributed by atoms with Crippen LogP contribution in [0.4, 0.5) is 0 Å². The summed E-state index contributed by atoms with van der Waals surface area (Å²) in [5.74, 6) is 0.751. The molecule has 2 N–H and O–H groups in total. The highest BCUT2D eigenvalue weighted by atomic mass is 32.1. The van der Waals surface area contributed by atoms with E-state index >= 15 is 0 Å². The minimum absolute atomic E-state index is 0.0886. The average molecular weight is 282 g/mol. The first kappa shape index (κ1) is 11.9. The number of nitrogens with two attached hydrogens (primary N) is 1. The summed E-state index contributed by atoms with van der Waals surface area (Å²) in [7, 11) is 0. The van der Waals surface area contributed by atoms with E-state index in [0.717, 1.165) is 47.4 Å². The van der Waals surface area contributed by atoms with E-state index in [1.807, 2.05) is 23.8 Å². The van der Waals surface area contributed by atoms with Gasteiger partial charge in [-0.1, -0.05) is 0 Å². The lowest BCUT2D eigenvalue weighted by Crippen LogP contribution is -2.19. The molecule has 0 saturated heterocycles. The van der Waals surface area contributed by atoms with Gasteiger partial charge in [0, 0.05) is 35.3 Å². The first-order chi connectivity index (χ1) is 9.81. The highest BCUT2D eigenvalue weighted by molar-refractivity contribution is 7.17. The Morgan fingerprint density at radius 1 is 1.25 bits per heavy atom. The van der Waals surface area contributed by atoms with Crippen molar-refractivity contribution in [3.8, 4) is 11.4 Å². The van der Waals surface area contributed by atoms with Crippen molar-refractivity contribution in [1.82, 2.24) is 15.0 Å². The summed E-state index contributed by atoms with van der Waals surface area (Å²) in [5.41, 5.74) is 10.3. The maximum absolute atomic E-state index is 6.10. The van der Waals surface area contributed by atoms with Crippen molar-refractivity contribution in [2.45, 2.75) is 25.3 Å². The van der Waals surface area contributed by atoms with E-state index in [-0.39, 0.29) is 6.04 Å². The monoisotopic (exact) mass is 282 g/mol. The average Bonchev–Trinajstić information content (AvgIpc) is 2.94. The van der Waals surface area contributed by atoms with Gasteiger partial charge >= 0.3 is 0 Å². The molecule has 0 spiro atoms. The SMILES string of the molecule is NC1CCCc2nc(-c3cnc4ccsc4c3)ncc21. The van der Waals surface area contributed by atoms with Gasteiger partial charge in [0.25, 0.3) is 0 Å². The van der Waals surface area contributed by atoms with Crippen LogP contribution in [-0.4, -0.2) is 15.0 Å². The van der Waals surface area contributed by atoms with Gasteiger partial charge in [0.15, 0.2) is 5.82 Å². The van der Waals surface area contributed by atoms with Gasteiger partial charge in [0.05, 0.1) is 10.2 Å². The normalized spacial score (nSPS) is 18.1. The van der Waals surface area contributed by atoms with Crippen LogP contribution in [-0.2, 0) is 6.42 Å². The van der Waals surface area contributed by atoms with Crippen molar-refractivity contribution < 1.29 is 0 Å². The molecule has 20 heavy (non-hydrogen) atoms. The molecule has 0 radical (unpaired) electrons. The molecule has 1 aliphatic carbocycles. The molecular weight excluding hydrogens is 268 g/mol. The van der Waals surface area contributed by atoms with Gasteiger partial charge in [0.2, 0.25) is 0 Å². The number of nitrogens with zero attached hydrogens (tertiary/aromatic N) is 3. The Labute approximate surface area is 120 Å². The molecule has 4 nitrogen and oxygen atoms in total. The Morgan fingerprint density at radius 2 is 2.20 bits per heavy atom. The van der Waals surface area contributed by atoms with E-state index in [4.69, 9.17) is 10.7 Å². The molecule has 100 valence electrons. The van der Waals surface area contributed by atoms with Crippen LogP contribution in [0.5, 0.6) is 0 Å². The Hall–Kier alpha value is -1.85. The van der Waals surface area contributed by atoms with Crippen LogP contribution in [0.1, 0.15) is 30.1 Å². The summed E-state index contributed by atoms with van der Waals surface area (Å²) in [6, 6.07) is 4.22. The largest absolute Gasteiger partial charge is 0.324 e. The van der Waals surface area contributed by atoms with Crippen molar-refractivity contribution in [3.05, 3.63) is 41.2 Å². The molecule has 0 saturated carbocycles. The lowest BCUT2D eigenvalue weighted by Gasteiger charge is -2.20.